The van der Waals surface area contributed by atoms with E-state index in [1.54, 1.807) is 13.1 Å². The Morgan fingerprint density at radius 2 is 2.10 bits per heavy atom. The lowest BCUT2D eigenvalue weighted by molar-refractivity contribution is 0.262. The van der Waals surface area contributed by atoms with E-state index in [9.17, 15) is 12.8 Å². The molecule has 0 radical (unpaired) electrons. The molecule has 2 rings (SSSR count). The Bertz CT molecular complexity index is 571. The molecule has 1 aromatic carbocycles. The number of nitrogens with zero attached hydrogens (tertiary/aromatic N) is 1. The summed E-state index contributed by atoms with van der Waals surface area (Å²) in [7, 11) is -0.453. The van der Waals surface area contributed by atoms with E-state index in [4.69, 9.17) is 0 Å². The Balaban J connectivity index is 2.19. The first-order chi connectivity index (χ1) is 9.45. The van der Waals surface area contributed by atoms with E-state index in [2.05, 4.69) is 5.32 Å². The number of hydrogen-bond donors (Lipinski definition) is 1. The summed E-state index contributed by atoms with van der Waals surface area (Å²) in [4.78, 5) is -0.237. The molecule has 1 saturated carbocycles. The van der Waals surface area contributed by atoms with Crippen molar-refractivity contribution in [1.82, 2.24) is 9.62 Å². The first kappa shape index (κ1) is 15.4. The minimum Gasteiger partial charge on any atom is -0.316 e. The van der Waals surface area contributed by atoms with Gasteiger partial charge < -0.3 is 5.32 Å². The van der Waals surface area contributed by atoms with Crippen molar-refractivity contribution in [3.05, 3.63) is 29.6 Å². The Labute approximate surface area is 120 Å². The van der Waals surface area contributed by atoms with Crippen molar-refractivity contribution in [1.29, 1.82) is 0 Å². The molecule has 0 saturated heterocycles. The van der Waals surface area contributed by atoms with Crippen LogP contribution < -0.4 is 5.32 Å². The van der Waals surface area contributed by atoms with Gasteiger partial charge >= 0.3 is 0 Å². The second-order valence-corrected chi connectivity index (χ2v) is 7.39. The maximum absolute atomic E-state index is 14.0. The standard InChI is InChI=1S/C14H21FN2O2S/c1-16-9-12-6-7-14(13(15)8-12)20(18,19)17(2)10-11-4-3-5-11/h6-8,11,16H,3-5,9-10H2,1-2H3. The summed E-state index contributed by atoms with van der Waals surface area (Å²) in [6, 6.07) is 4.28. The van der Waals surface area contributed by atoms with Gasteiger partial charge in [0.1, 0.15) is 10.7 Å². The van der Waals surface area contributed by atoms with Crippen LogP contribution in [0.25, 0.3) is 0 Å². The van der Waals surface area contributed by atoms with E-state index in [0.29, 0.717) is 19.0 Å². The van der Waals surface area contributed by atoms with E-state index < -0.39 is 15.8 Å². The van der Waals surface area contributed by atoms with Crippen molar-refractivity contribution in [2.45, 2.75) is 30.7 Å². The molecule has 0 aliphatic heterocycles. The van der Waals surface area contributed by atoms with Gasteiger partial charge in [-0.2, -0.15) is 0 Å². The summed E-state index contributed by atoms with van der Waals surface area (Å²) in [6.45, 7) is 0.981. The molecule has 112 valence electrons. The van der Waals surface area contributed by atoms with Gasteiger partial charge in [0.15, 0.2) is 0 Å². The number of nitrogens with one attached hydrogen (secondary N) is 1. The Hall–Kier alpha value is -0.980. The third-order valence-electron chi connectivity index (χ3n) is 3.81. The number of benzene rings is 1. The summed E-state index contributed by atoms with van der Waals surface area (Å²) < 4.78 is 40.0. The van der Waals surface area contributed by atoms with Gasteiger partial charge in [0.05, 0.1) is 0 Å². The number of halogens is 1. The van der Waals surface area contributed by atoms with Crippen LogP contribution in [0.1, 0.15) is 24.8 Å². The topological polar surface area (TPSA) is 49.4 Å². The maximum atomic E-state index is 14.0. The lowest BCUT2D eigenvalue weighted by Crippen LogP contribution is -2.34. The Morgan fingerprint density at radius 1 is 1.40 bits per heavy atom. The molecule has 0 atom stereocenters. The van der Waals surface area contributed by atoms with Crippen molar-refractivity contribution in [3.63, 3.8) is 0 Å². The van der Waals surface area contributed by atoms with E-state index in [1.165, 1.54) is 23.5 Å². The fraction of sp³-hybridized carbons (Fsp3) is 0.571. The van der Waals surface area contributed by atoms with E-state index in [0.717, 1.165) is 24.8 Å². The summed E-state index contributed by atoms with van der Waals surface area (Å²) in [5.74, 6) is -0.264. The van der Waals surface area contributed by atoms with E-state index in [1.807, 2.05) is 0 Å². The summed E-state index contributed by atoms with van der Waals surface area (Å²) in [6.07, 6.45) is 3.28. The first-order valence-electron chi connectivity index (χ1n) is 6.84. The van der Waals surface area contributed by atoms with Crippen molar-refractivity contribution in [2.75, 3.05) is 20.6 Å². The smallest absolute Gasteiger partial charge is 0.245 e. The minimum atomic E-state index is -3.73. The molecule has 1 aliphatic rings. The number of rotatable bonds is 6. The molecular formula is C14H21FN2O2S. The Kier molecular flexibility index (Phi) is 4.78. The maximum Gasteiger partial charge on any atom is 0.245 e. The second kappa shape index (κ2) is 6.20. The molecule has 1 N–H and O–H groups in total. The number of hydrogen-bond acceptors (Lipinski definition) is 3. The monoisotopic (exact) mass is 300 g/mol. The quantitative estimate of drug-likeness (QED) is 0.874. The zero-order valence-corrected chi connectivity index (χ0v) is 12.7. The highest BCUT2D eigenvalue weighted by Crippen LogP contribution is 2.29. The van der Waals surface area contributed by atoms with Crippen LogP contribution in [0.2, 0.25) is 0 Å². The van der Waals surface area contributed by atoms with Crippen molar-refractivity contribution in [2.24, 2.45) is 5.92 Å². The predicted molar refractivity (Wildman–Crippen MR) is 76.3 cm³/mol. The first-order valence-corrected chi connectivity index (χ1v) is 8.28. The molecule has 1 aromatic rings. The van der Waals surface area contributed by atoms with Gasteiger partial charge in [0.2, 0.25) is 10.0 Å². The zero-order valence-electron chi connectivity index (χ0n) is 11.9. The van der Waals surface area contributed by atoms with Crippen molar-refractivity contribution >= 4 is 10.0 Å². The highest BCUT2D eigenvalue weighted by molar-refractivity contribution is 7.89. The van der Waals surface area contributed by atoms with E-state index >= 15 is 0 Å². The fourth-order valence-electron chi connectivity index (χ4n) is 2.37. The molecule has 0 heterocycles. The summed E-state index contributed by atoms with van der Waals surface area (Å²) >= 11 is 0. The van der Waals surface area contributed by atoms with Gasteiger partial charge in [-0.1, -0.05) is 12.5 Å². The van der Waals surface area contributed by atoms with Crippen molar-refractivity contribution in [3.8, 4) is 0 Å². The molecule has 0 amide bonds. The summed E-state index contributed by atoms with van der Waals surface area (Å²) in [5.41, 5.74) is 0.727. The molecule has 1 fully saturated rings. The van der Waals surface area contributed by atoms with Crippen molar-refractivity contribution < 1.29 is 12.8 Å². The average Bonchev–Trinajstić information content (AvgIpc) is 2.33. The largest absolute Gasteiger partial charge is 0.316 e. The fourth-order valence-corrected chi connectivity index (χ4v) is 3.66. The summed E-state index contributed by atoms with van der Waals surface area (Å²) in [5, 5.41) is 2.91. The normalized spacial score (nSPS) is 16.4. The van der Waals surface area contributed by atoms with Crippen LogP contribution in [-0.2, 0) is 16.6 Å². The van der Waals surface area contributed by atoms with Gasteiger partial charge in [-0.15, -0.1) is 0 Å². The van der Waals surface area contributed by atoms with Gasteiger partial charge in [-0.3, -0.25) is 0 Å². The van der Waals surface area contributed by atoms with Crippen LogP contribution in [-0.4, -0.2) is 33.4 Å². The SMILES string of the molecule is CNCc1ccc(S(=O)(=O)N(C)CC2CCC2)c(F)c1. The van der Waals surface area contributed by atoms with Gasteiger partial charge in [-0.05, 0) is 43.5 Å². The zero-order chi connectivity index (χ0) is 14.8. The lowest BCUT2D eigenvalue weighted by Gasteiger charge is -2.29. The molecule has 0 spiro atoms. The molecule has 1 aliphatic carbocycles. The molecule has 0 bridgehead atoms. The van der Waals surface area contributed by atoms with Gasteiger partial charge in [-0.25, -0.2) is 17.1 Å². The minimum absolute atomic E-state index is 0.237. The lowest BCUT2D eigenvalue weighted by atomic mass is 9.86. The van der Waals surface area contributed by atoms with Crippen LogP contribution in [0.5, 0.6) is 0 Å². The van der Waals surface area contributed by atoms with E-state index in [-0.39, 0.29) is 4.90 Å². The molecule has 6 heteroatoms. The van der Waals surface area contributed by atoms with Gasteiger partial charge in [0, 0.05) is 20.1 Å². The third-order valence-corrected chi connectivity index (χ3v) is 5.66. The Morgan fingerprint density at radius 3 is 2.60 bits per heavy atom. The van der Waals surface area contributed by atoms with Crippen LogP contribution in [0.4, 0.5) is 4.39 Å². The average molecular weight is 300 g/mol. The molecular weight excluding hydrogens is 279 g/mol. The van der Waals surface area contributed by atoms with Crippen LogP contribution in [0, 0.1) is 11.7 Å². The highest BCUT2D eigenvalue weighted by Gasteiger charge is 2.28. The van der Waals surface area contributed by atoms with Crippen LogP contribution >= 0.6 is 0 Å². The third kappa shape index (κ3) is 3.19. The molecule has 20 heavy (non-hydrogen) atoms. The highest BCUT2D eigenvalue weighted by atomic mass is 32.2. The second-order valence-electron chi connectivity index (χ2n) is 5.38. The van der Waals surface area contributed by atoms with Gasteiger partial charge in [0.25, 0.3) is 0 Å². The number of sulfonamides is 1. The molecule has 0 aromatic heterocycles. The van der Waals surface area contributed by atoms with Crippen LogP contribution in [0.15, 0.2) is 23.1 Å². The van der Waals surface area contributed by atoms with Crippen LogP contribution in [0.3, 0.4) is 0 Å². The molecule has 4 nitrogen and oxygen atoms in total. The predicted octanol–water partition coefficient (Wildman–Crippen LogP) is 1.97. The molecule has 0 unspecified atom stereocenters.